The summed E-state index contributed by atoms with van der Waals surface area (Å²) in [5, 5.41) is 3.84. The van der Waals surface area contributed by atoms with E-state index in [2.05, 4.69) is 5.16 Å². The van der Waals surface area contributed by atoms with Crippen LogP contribution >= 0.6 is 0 Å². The highest BCUT2D eigenvalue weighted by molar-refractivity contribution is 5.82. The molecule has 2 aromatic rings. The van der Waals surface area contributed by atoms with Gasteiger partial charge in [0.05, 0.1) is 12.1 Å². The number of rotatable bonds is 4. The molecule has 128 valence electrons. The molecule has 4 nitrogen and oxygen atoms in total. The predicted molar refractivity (Wildman–Crippen MR) is 80.0 cm³/mol. The molecule has 1 aliphatic rings. The summed E-state index contributed by atoms with van der Waals surface area (Å²) in [6.07, 6.45) is -3.80. The Morgan fingerprint density at radius 2 is 2.12 bits per heavy atom. The number of hydrogen-bond donors (Lipinski definition) is 0. The van der Waals surface area contributed by atoms with Crippen LogP contribution in [0.5, 0.6) is 0 Å². The van der Waals surface area contributed by atoms with Gasteiger partial charge in [-0.05, 0) is 30.9 Å². The van der Waals surface area contributed by atoms with E-state index < -0.39 is 11.7 Å². The summed E-state index contributed by atoms with van der Waals surface area (Å²) in [5.74, 6) is 0.157. The quantitative estimate of drug-likeness (QED) is 0.853. The van der Waals surface area contributed by atoms with Gasteiger partial charge in [0.25, 0.3) is 0 Å². The van der Waals surface area contributed by atoms with Crippen LogP contribution in [0.3, 0.4) is 0 Å². The van der Waals surface area contributed by atoms with Crippen LogP contribution in [0.25, 0.3) is 0 Å². The van der Waals surface area contributed by atoms with Crippen LogP contribution in [0.1, 0.15) is 34.9 Å². The lowest BCUT2D eigenvalue weighted by Crippen LogP contribution is -2.28. The van der Waals surface area contributed by atoms with Crippen LogP contribution in [0.4, 0.5) is 13.2 Å². The number of alkyl halides is 3. The average molecular weight is 338 g/mol. The number of aryl methyl sites for hydroxylation is 1. The Morgan fingerprint density at radius 3 is 2.75 bits per heavy atom. The lowest BCUT2D eigenvalue weighted by Gasteiger charge is -2.15. The van der Waals surface area contributed by atoms with Gasteiger partial charge in [-0.2, -0.15) is 13.2 Å². The molecular formula is C17H17F3N2O2. The van der Waals surface area contributed by atoms with E-state index in [0.717, 1.165) is 12.1 Å². The van der Waals surface area contributed by atoms with Crippen molar-refractivity contribution >= 4 is 5.91 Å². The molecule has 1 aromatic heterocycles. The molecule has 1 heterocycles. The zero-order valence-electron chi connectivity index (χ0n) is 13.3. The van der Waals surface area contributed by atoms with E-state index in [1.807, 2.05) is 0 Å². The Kier molecular flexibility index (Phi) is 4.11. The fourth-order valence-corrected chi connectivity index (χ4v) is 2.88. The van der Waals surface area contributed by atoms with E-state index in [0.29, 0.717) is 30.0 Å². The summed E-state index contributed by atoms with van der Waals surface area (Å²) in [6, 6.07) is 6.97. The number of hydrogen-bond acceptors (Lipinski definition) is 3. The second-order valence-electron chi connectivity index (χ2n) is 6.20. The minimum absolute atomic E-state index is 0.0851. The molecule has 1 aromatic carbocycles. The van der Waals surface area contributed by atoms with Crippen LogP contribution in [-0.2, 0) is 17.5 Å². The highest BCUT2D eigenvalue weighted by Crippen LogP contribution is 2.49. The summed E-state index contributed by atoms with van der Waals surface area (Å²) in [4.78, 5) is 14.0. The van der Waals surface area contributed by atoms with Gasteiger partial charge in [0, 0.05) is 19.0 Å². The maximum absolute atomic E-state index is 12.8. The largest absolute Gasteiger partial charge is 0.416 e. The molecular weight excluding hydrogens is 321 g/mol. The maximum Gasteiger partial charge on any atom is 0.416 e. The van der Waals surface area contributed by atoms with E-state index in [1.54, 1.807) is 26.1 Å². The SMILES string of the molecule is Cc1cc(CN(C)C(=O)[C@@H]2C[C@H]2c2cccc(C(F)(F)F)c2)no1. The third kappa shape index (κ3) is 3.44. The molecule has 3 rings (SSSR count). The van der Waals surface area contributed by atoms with Gasteiger partial charge in [0.2, 0.25) is 5.91 Å². The van der Waals surface area contributed by atoms with Gasteiger partial charge in [-0.1, -0.05) is 23.4 Å². The molecule has 1 fully saturated rings. The third-order valence-electron chi connectivity index (χ3n) is 4.20. The number of carbonyl (C=O) groups is 1. The van der Waals surface area contributed by atoms with E-state index in [1.165, 1.54) is 11.0 Å². The molecule has 0 bridgehead atoms. The Morgan fingerprint density at radius 1 is 1.38 bits per heavy atom. The van der Waals surface area contributed by atoms with Crippen molar-refractivity contribution in [1.29, 1.82) is 0 Å². The van der Waals surface area contributed by atoms with Gasteiger partial charge in [-0.15, -0.1) is 0 Å². The molecule has 1 saturated carbocycles. The summed E-state index contributed by atoms with van der Waals surface area (Å²) >= 11 is 0. The van der Waals surface area contributed by atoms with Gasteiger partial charge in [0.15, 0.2) is 0 Å². The van der Waals surface area contributed by atoms with Crippen LogP contribution in [0.15, 0.2) is 34.9 Å². The van der Waals surface area contributed by atoms with E-state index in [-0.39, 0.29) is 17.7 Å². The fraction of sp³-hybridized carbons (Fsp3) is 0.412. The van der Waals surface area contributed by atoms with Gasteiger partial charge < -0.3 is 9.42 Å². The lowest BCUT2D eigenvalue weighted by molar-refractivity contribution is -0.137. The Labute approximate surface area is 137 Å². The van der Waals surface area contributed by atoms with Crippen LogP contribution in [-0.4, -0.2) is 23.0 Å². The van der Waals surface area contributed by atoms with Gasteiger partial charge >= 0.3 is 6.18 Å². The predicted octanol–water partition coefficient (Wildman–Crippen LogP) is 3.76. The van der Waals surface area contributed by atoms with Crippen molar-refractivity contribution in [2.24, 2.45) is 5.92 Å². The van der Waals surface area contributed by atoms with Crippen molar-refractivity contribution in [2.75, 3.05) is 7.05 Å². The molecule has 0 radical (unpaired) electrons. The van der Waals surface area contributed by atoms with Gasteiger partial charge in [-0.25, -0.2) is 0 Å². The van der Waals surface area contributed by atoms with Gasteiger partial charge in [-0.3, -0.25) is 4.79 Å². The van der Waals surface area contributed by atoms with Crippen molar-refractivity contribution in [2.45, 2.75) is 32.0 Å². The van der Waals surface area contributed by atoms with E-state index in [4.69, 9.17) is 4.52 Å². The molecule has 1 aliphatic carbocycles. The smallest absolute Gasteiger partial charge is 0.361 e. The molecule has 0 saturated heterocycles. The lowest BCUT2D eigenvalue weighted by atomic mass is 10.1. The molecule has 1 amide bonds. The summed E-state index contributed by atoms with van der Waals surface area (Å²) in [5.41, 5.74) is 0.540. The second-order valence-corrected chi connectivity index (χ2v) is 6.20. The number of amides is 1. The maximum atomic E-state index is 12.8. The zero-order valence-corrected chi connectivity index (χ0v) is 13.3. The molecule has 2 atom stereocenters. The van der Waals surface area contributed by atoms with Gasteiger partial charge in [0.1, 0.15) is 11.5 Å². The van der Waals surface area contributed by atoms with Crippen LogP contribution in [0.2, 0.25) is 0 Å². The minimum Gasteiger partial charge on any atom is -0.361 e. The number of halogens is 3. The Hall–Kier alpha value is -2.31. The number of aromatic nitrogens is 1. The van der Waals surface area contributed by atoms with Crippen molar-refractivity contribution in [3.8, 4) is 0 Å². The first-order valence-corrected chi connectivity index (χ1v) is 7.60. The third-order valence-corrected chi connectivity index (χ3v) is 4.20. The molecule has 0 aliphatic heterocycles. The number of carbonyl (C=O) groups excluding carboxylic acids is 1. The number of nitrogens with zero attached hydrogens (tertiary/aromatic N) is 2. The first-order valence-electron chi connectivity index (χ1n) is 7.60. The fourth-order valence-electron chi connectivity index (χ4n) is 2.88. The minimum atomic E-state index is -4.37. The van der Waals surface area contributed by atoms with Crippen LogP contribution < -0.4 is 0 Å². The number of benzene rings is 1. The highest BCUT2D eigenvalue weighted by atomic mass is 19.4. The molecule has 0 unspecified atom stereocenters. The van der Waals surface area contributed by atoms with E-state index in [9.17, 15) is 18.0 Å². The molecule has 24 heavy (non-hydrogen) atoms. The topological polar surface area (TPSA) is 46.3 Å². The standard InChI is InChI=1S/C17H17F3N2O2/c1-10-6-13(21-24-10)9-22(2)16(23)15-8-14(15)11-4-3-5-12(7-11)17(18,19)20/h3-7,14-15H,8-9H2,1-2H3/t14-,15+/m0/s1. The highest BCUT2D eigenvalue weighted by Gasteiger charge is 2.45. The first-order chi connectivity index (χ1) is 11.3. The molecule has 0 spiro atoms. The van der Waals surface area contributed by atoms with E-state index >= 15 is 0 Å². The average Bonchev–Trinajstić information content (AvgIpc) is 3.22. The van der Waals surface area contributed by atoms with Crippen molar-refractivity contribution < 1.29 is 22.5 Å². The summed E-state index contributed by atoms with van der Waals surface area (Å²) in [6.45, 7) is 2.09. The second kappa shape index (κ2) is 5.96. The molecule has 0 N–H and O–H groups in total. The zero-order chi connectivity index (χ0) is 17.5. The monoisotopic (exact) mass is 338 g/mol. The summed E-state index contributed by atoms with van der Waals surface area (Å²) < 4.78 is 43.3. The summed E-state index contributed by atoms with van der Waals surface area (Å²) in [7, 11) is 1.66. The Bertz CT molecular complexity index is 754. The van der Waals surface area contributed by atoms with Crippen molar-refractivity contribution in [3.63, 3.8) is 0 Å². The first kappa shape index (κ1) is 16.5. The van der Waals surface area contributed by atoms with Crippen molar-refractivity contribution in [1.82, 2.24) is 10.1 Å². The Balaban J connectivity index is 1.65. The normalized spacial score (nSPS) is 20.0. The molecule has 7 heteroatoms. The van der Waals surface area contributed by atoms with Crippen LogP contribution in [0, 0.1) is 12.8 Å². The van der Waals surface area contributed by atoms with Crippen molar-refractivity contribution in [3.05, 3.63) is 52.9 Å².